The number of carbonyl (C=O) groups excluding carboxylic acids is 1. The molecule has 0 saturated carbocycles. The average Bonchev–Trinajstić information content (AvgIpc) is 2.30. The first kappa shape index (κ1) is 10.9. The Morgan fingerprint density at radius 3 is 2.80 bits per heavy atom. The van der Waals surface area contributed by atoms with Crippen molar-refractivity contribution in [3.05, 3.63) is 0 Å². The van der Waals surface area contributed by atoms with Crippen molar-refractivity contribution in [1.29, 1.82) is 0 Å². The van der Waals surface area contributed by atoms with E-state index in [-0.39, 0.29) is 5.92 Å². The molecule has 86 valence electrons. The smallest absolute Gasteiger partial charge is 0.227 e. The lowest BCUT2D eigenvalue weighted by molar-refractivity contribution is -0.141. The minimum atomic E-state index is 0.178. The highest BCUT2D eigenvalue weighted by Crippen LogP contribution is 2.19. The standard InChI is InChI=1S/C11H20N2O2/c1-9-10(3-2-4-12-9)11(14)13-5-7-15-8-6-13/h9-10,12H,2-8H2,1H3/t9-,10-/m0/s1. The molecule has 15 heavy (non-hydrogen) atoms. The van der Waals surface area contributed by atoms with Gasteiger partial charge in [0.05, 0.1) is 19.1 Å². The first-order chi connectivity index (χ1) is 7.29. The van der Waals surface area contributed by atoms with Crippen molar-refractivity contribution in [3.8, 4) is 0 Å². The van der Waals surface area contributed by atoms with E-state index < -0.39 is 0 Å². The third kappa shape index (κ3) is 2.49. The summed E-state index contributed by atoms with van der Waals surface area (Å²) >= 11 is 0. The zero-order valence-corrected chi connectivity index (χ0v) is 9.37. The quantitative estimate of drug-likeness (QED) is 0.676. The summed E-state index contributed by atoms with van der Waals surface area (Å²) in [5.74, 6) is 0.495. The Hall–Kier alpha value is -0.610. The highest BCUT2D eigenvalue weighted by molar-refractivity contribution is 5.79. The van der Waals surface area contributed by atoms with Gasteiger partial charge in [0.2, 0.25) is 5.91 Å². The van der Waals surface area contributed by atoms with E-state index in [0.29, 0.717) is 25.2 Å². The lowest BCUT2D eigenvalue weighted by atomic mass is 9.90. The van der Waals surface area contributed by atoms with Gasteiger partial charge in [-0.15, -0.1) is 0 Å². The van der Waals surface area contributed by atoms with Gasteiger partial charge in [-0.2, -0.15) is 0 Å². The van der Waals surface area contributed by atoms with Crippen LogP contribution in [0, 0.1) is 5.92 Å². The molecule has 0 aromatic rings. The number of hydrogen-bond acceptors (Lipinski definition) is 3. The van der Waals surface area contributed by atoms with Gasteiger partial charge in [-0.3, -0.25) is 4.79 Å². The number of hydrogen-bond donors (Lipinski definition) is 1. The van der Waals surface area contributed by atoms with Gasteiger partial charge < -0.3 is 15.0 Å². The molecule has 2 aliphatic rings. The van der Waals surface area contributed by atoms with Crippen molar-refractivity contribution in [3.63, 3.8) is 0 Å². The highest BCUT2D eigenvalue weighted by Gasteiger charge is 2.31. The SMILES string of the molecule is C[C@@H]1NCCC[C@@H]1C(=O)N1CCOCC1. The molecule has 2 fully saturated rings. The number of ether oxygens (including phenoxy) is 1. The predicted octanol–water partition coefficient (Wildman–Crippen LogP) is 0.233. The Morgan fingerprint density at radius 2 is 2.13 bits per heavy atom. The molecular formula is C11H20N2O2. The molecule has 0 spiro atoms. The van der Waals surface area contributed by atoms with Gasteiger partial charge in [0, 0.05) is 19.1 Å². The van der Waals surface area contributed by atoms with Crippen molar-refractivity contribution < 1.29 is 9.53 Å². The summed E-state index contributed by atoms with van der Waals surface area (Å²) in [5, 5.41) is 3.37. The molecule has 2 atom stereocenters. The van der Waals surface area contributed by atoms with E-state index in [9.17, 15) is 4.79 Å². The Morgan fingerprint density at radius 1 is 1.40 bits per heavy atom. The predicted molar refractivity (Wildman–Crippen MR) is 57.6 cm³/mol. The normalized spacial score (nSPS) is 32.7. The molecule has 2 aliphatic heterocycles. The van der Waals surface area contributed by atoms with E-state index in [1.54, 1.807) is 0 Å². The third-order valence-electron chi connectivity index (χ3n) is 3.40. The molecule has 0 bridgehead atoms. The number of rotatable bonds is 1. The van der Waals surface area contributed by atoms with E-state index >= 15 is 0 Å². The van der Waals surface area contributed by atoms with Gasteiger partial charge >= 0.3 is 0 Å². The first-order valence-corrected chi connectivity index (χ1v) is 5.89. The molecule has 4 heteroatoms. The van der Waals surface area contributed by atoms with Gasteiger partial charge in [-0.25, -0.2) is 0 Å². The fourth-order valence-corrected chi connectivity index (χ4v) is 2.40. The van der Waals surface area contributed by atoms with E-state index in [1.807, 2.05) is 4.90 Å². The van der Waals surface area contributed by atoms with Crippen molar-refractivity contribution in [2.45, 2.75) is 25.8 Å². The minimum Gasteiger partial charge on any atom is -0.378 e. The molecule has 1 N–H and O–H groups in total. The average molecular weight is 212 g/mol. The minimum absolute atomic E-state index is 0.178. The maximum atomic E-state index is 12.2. The number of carbonyl (C=O) groups is 1. The Bertz CT molecular complexity index is 227. The van der Waals surface area contributed by atoms with Crippen LogP contribution in [0.4, 0.5) is 0 Å². The van der Waals surface area contributed by atoms with Crippen LogP contribution in [0.1, 0.15) is 19.8 Å². The summed E-state index contributed by atoms with van der Waals surface area (Å²) in [7, 11) is 0. The summed E-state index contributed by atoms with van der Waals surface area (Å²) in [6, 6.07) is 0.328. The van der Waals surface area contributed by atoms with Crippen molar-refractivity contribution in [2.75, 3.05) is 32.8 Å². The van der Waals surface area contributed by atoms with E-state index in [2.05, 4.69) is 12.2 Å². The molecule has 0 aromatic heterocycles. The lowest BCUT2D eigenvalue weighted by Crippen LogP contribution is -2.50. The summed E-state index contributed by atoms with van der Waals surface area (Å²) in [4.78, 5) is 14.1. The Kier molecular flexibility index (Phi) is 3.59. The van der Waals surface area contributed by atoms with Crippen LogP contribution in [0.3, 0.4) is 0 Å². The van der Waals surface area contributed by atoms with Crippen LogP contribution in [0.15, 0.2) is 0 Å². The largest absolute Gasteiger partial charge is 0.378 e. The monoisotopic (exact) mass is 212 g/mol. The number of nitrogens with zero attached hydrogens (tertiary/aromatic N) is 1. The maximum absolute atomic E-state index is 12.2. The van der Waals surface area contributed by atoms with Crippen LogP contribution >= 0.6 is 0 Å². The van der Waals surface area contributed by atoms with E-state index in [1.165, 1.54) is 0 Å². The van der Waals surface area contributed by atoms with Crippen LogP contribution in [-0.2, 0) is 9.53 Å². The molecule has 4 nitrogen and oxygen atoms in total. The molecule has 2 saturated heterocycles. The van der Waals surface area contributed by atoms with Crippen LogP contribution in [-0.4, -0.2) is 49.7 Å². The fourth-order valence-electron chi connectivity index (χ4n) is 2.40. The van der Waals surface area contributed by atoms with Crippen molar-refractivity contribution in [1.82, 2.24) is 10.2 Å². The van der Waals surface area contributed by atoms with Crippen LogP contribution < -0.4 is 5.32 Å². The highest BCUT2D eigenvalue weighted by atomic mass is 16.5. The second kappa shape index (κ2) is 4.94. The van der Waals surface area contributed by atoms with Crippen LogP contribution in [0.2, 0.25) is 0 Å². The summed E-state index contributed by atoms with van der Waals surface area (Å²) < 4.78 is 5.25. The molecule has 2 heterocycles. The molecule has 0 aliphatic carbocycles. The number of nitrogens with one attached hydrogen (secondary N) is 1. The molecule has 1 amide bonds. The summed E-state index contributed by atoms with van der Waals surface area (Å²) in [6.07, 6.45) is 2.15. The van der Waals surface area contributed by atoms with Gasteiger partial charge in [0.1, 0.15) is 0 Å². The lowest BCUT2D eigenvalue weighted by Gasteiger charge is -2.35. The molecule has 0 radical (unpaired) electrons. The van der Waals surface area contributed by atoms with E-state index in [4.69, 9.17) is 4.74 Å². The second-order valence-electron chi connectivity index (χ2n) is 4.43. The maximum Gasteiger partial charge on any atom is 0.227 e. The van der Waals surface area contributed by atoms with Gasteiger partial charge in [-0.1, -0.05) is 0 Å². The zero-order valence-electron chi connectivity index (χ0n) is 9.37. The van der Waals surface area contributed by atoms with Crippen LogP contribution in [0.25, 0.3) is 0 Å². The Labute approximate surface area is 91.0 Å². The molecule has 0 unspecified atom stereocenters. The molecule has 2 rings (SSSR count). The van der Waals surface area contributed by atoms with Crippen molar-refractivity contribution in [2.24, 2.45) is 5.92 Å². The van der Waals surface area contributed by atoms with E-state index in [0.717, 1.165) is 32.5 Å². The number of morpholine rings is 1. The summed E-state index contributed by atoms with van der Waals surface area (Å²) in [5.41, 5.74) is 0. The van der Waals surface area contributed by atoms with Crippen molar-refractivity contribution >= 4 is 5.91 Å². The third-order valence-corrected chi connectivity index (χ3v) is 3.40. The molecular weight excluding hydrogens is 192 g/mol. The fraction of sp³-hybridized carbons (Fsp3) is 0.909. The van der Waals surface area contributed by atoms with Gasteiger partial charge in [0.15, 0.2) is 0 Å². The summed E-state index contributed by atoms with van der Waals surface area (Å²) in [6.45, 7) is 6.08. The zero-order chi connectivity index (χ0) is 10.7. The van der Waals surface area contributed by atoms with Crippen LogP contribution in [0.5, 0.6) is 0 Å². The Balaban J connectivity index is 1.92. The second-order valence-corrected chi connectivity index (χ2v) is 4.43. The topological polar surface area (TPSA) is 41.6 Å². The number of amides is 1. The van der Waals surface area contributed by atoms with Gasteiger partial charge in [-0.05, 0) is 26.3 Å². The first-order valence-electron chi connectivity index (χ1n) is 5.89. The van der Waals surface area contributed by atoms with Gasteiger partial charge in [0.25, 0.3) is 0 Å². The molecule has 0 aromatic carbocycles. The number of piperidine rings is 1.